The average molecular weight is 466 g/mol. The van der Waals surface area contributed by atoms with Gasteiger partial charge in [0, 0.05) is 36.5 Å². The second-order valence-electron chi connectivity index (χ2n) is 8.26. The van der Waals surface area contributed by atoms with Crippen molar-refractivity contribution in [1.82, 2.24) is 9.97 Å². The number of aryl methyl sites for hydroxylation is 2. The van der Waals surface area contributed by atoms with Crippen LogP contribution in [0.3, 0.4) is 0 Å². The summed E-state index contributed by atoms with van der Waals surface area (Å²) in [6.45, 7) is 0.558. The SMILES string of the molecule is CN=C(N)Nc1ccc(-c2nc(CCCc3ccccc3)cc(OCCc3ccccc3)n2)cc1. The van der Waals surface area contributed by atoms with Crippen LogP contribution in [-0.2, 0) is 19.3 Å². The minimum Gasteiger partial charge on any atom is -0.477 e. The van der Waals surface area contributed by atoms with Gasteiger partial charge >= 0.3 is 0 Å². The summed E-state index contributed by atoms with van der Waals surface area (Å²) >= 11 is 0. The highest BCUT2D eigenvalue weighted by Gasteiger charge is 2.09. The molecule has 0 aliphatic rings. The van der Waals surface area contributed by atoms with Crippen molar-refractivity contribution in [1.29, 1.82) is 0 Å². The molecule has 35 heavy (non-hydrogen) atoms. The van der Waals surface area contributed by atoms with Crippen molar-refractivity contribution in [2.75, 3.05) is 19.0 Å². The van der Waals surface area contributed by atoms with Crippen LogP contribution in [0, 0.1) is 0 Å². The Kier molecular flexibility index (Phi) is 8.43. The number of nitrogens with zero attached hydrogens (tertiary/aromatic N) is 3. The third kappa shape index (κ3) is 7.40. The van der Waals surface area contributed by atoms with Crippen molar-refractivity contribution in [3.05, 3.63) is 108 Å². The maximum absolute atomic E-state index is 6.07. The van der Waals surface area contributed by atoms with Gasteiger partial charge in [0.05, 0.1) is 6.61 Å². The molecule has 6 nitrogen and oxygen atoms in total. The highest BCUT2D eigenvalue weighted by molar-refractivity contribution is 5.92. The van der Waals surface area contributed by atoms with Crippen molar-refractivity contribution in [2.24, 2.45) is 10.7 Å². The van der Waals surface area contributed by atoms with Crippen LogP contribution in [0.1, 0.15) is 23.2 Å². The van der Waals surface area contributed by atoms with Crippen molar-refractivity contribution >= 4 is 11.6 Å². The van der Waals surface area contributed by atoms with Crippen LogP contribution in [0.2, 0.25) is 0 Å². The van der Waals surface area contributed by atoms with Crippen LogP contribution in [0.25, 0.3) is 11.4 Å². The quantitative estimate of drug-likeness (QED) is 0.245. The molecule has 0 spiro atoms. The Hall–Kier alpha value is -4.19. The molecule has 0 aliphatic carbocycles. The van der Waals surface area contributed by atoms with Crippen LogP contribution in [0.15, 0.2) is 96.0 Å². The molecule has 178 valence electrons. The number of hydrogen-bond acceptors (Lipinski definition) is 4. The van der Waals surface area contributed by atoms with Gasteiger partial charge in [-0.2, -0.15) is 4.98 Å². The van der Waals surface area contributed by atoms with Crippen molar-refractivity contribution in [3.8, 4) is 17.3 Å². The predicted octanol–water partition coefficient (Wildman–Crippen LogP) is 5.30. The lowest BCUT2D eigenvalue weighted by Gasteiger charge is -2.11. The molecule has 3 aromatic carbocycles. The number of aromatic nitrogens is 2. The van der Waals surface area contributed by atoms with Crippen molar-refractivity contribution < 1.29 is 4.74 Å². The van der Waals surface area contributed by atoms with E-state index in [1.807, 2.05) is 54.6 Å². The van der Waals surface area contributed by atoms with E-state index in [-0.39, 0.29) is 0 Å². The minimum atomic E-state index is 0.364. The largest absolute Gasteiger partial charge is 0.477 e. The fourth-order valence-corrected chi connectivity index (χ4v) is 3.75. The number of hydrogen-bond donors (Lipinski definition) is 2. The first-order valence-corrected chi connectivity index (χ1v) is 11.9. The molecular weight excluding hydrogens is 434 g/mol. The summed E-state index contributed by atoms with van der Waals surface area (Å²) < 4.78 is 6.07. The van der Waals surface area contributed by atoms with Crippen LogP contribution in [-0.4, -0.2) is 29.6 Å². The zero-order valence-corrected chi connectivity index (χ0v) is 20.0. The van der Waals surface area contributed by atoms with E-state index in [4.69, 9.17) is 20.4 Å². The van der Waals surface area contributed by atoms with Crippen molar-refractivity contribution in [3.63, 3.8) is 0 Å². The molecule has 0 unspecified atom stereocenters. The number of ether oxygens (including phenoxy) is 1. The molecule has 1 heterocycles. The second kappa shape index (κ2) is 12.3. The number of anilines is 1. The van der Waals surface area contributed by atoms with Crippen LogP contribution in [0.5, 0.6) is 5.88 Å². The lowest BCUT2D eigenvalue weighted by atomic mass is 10.1. The fraction of sp³-hybridized carbons (Fsp3) is 0.207. The van der Waals surface area contributed by atoms with Gasteiger partial charge in [-0.25, -0.2) is 4.98 Å². The van der Waals surface area contributed by atoms with Gasteiger partial charge in [0.15, 0.2) is 11.8 Å². The Balaban J connectivity index is 1.49. The maximum Gasteiger partial charge on any atom is 0.217 e. The summed E-state index contributed by atoms with van der Waals surface area (Å²) in [5.74, 6) is 1.62. The highest BCUT2D eigenvalue weighted by Crippen LogP contribution is 2.22. The smallest absolute Gasteiger partial charge is 0.217 e. The summed E-state index contributed by atoms with van der Waals surface area (Å²) in [6.07, 6.45) is 3.68. The van der Waals surface area contributed by atoms with Gasteiger partial charge in [-0.1, -0.05) is 60.7 Å². The summed E-state index contributed by atoms with van der Waals surface area (Å²) in [4.78, 5) is 13.5. The zero-order chi connectivity index (χ0) is 24.3. The standard InChI is InChI=1S/C29H31N5O/c1-31-29(30)33-25-17-15-24(16-18-25)28-32-26(14-8-13-22-9-4-2-5-10-22)21-27(34-28)35-20-19-23-11-6-3-7-12-23/h2-7,9-12,15-18,21H,8,13-14,19-20H2,1H3,(H3,30,31,33). The minimum absolute atomic E-state index is 0.364. The van der Waals surface area contributed by atoms with Crippen LogP contribution in [0.4, 0.5) is 5.69 Å². The summed E-state index contributed by atoms with van der Waals surface area (Å²) in [7, 11) is 1.65. The normalized spacial score (nSPS) is 11.3. The molecule has 6 heteroatoms. The van der Waals surface area contributed by atoms with Crippen molar-refractivity contribution in [2.45, 2.75) is 25.7 Å². The molecule has 0 atom stereocenters. The number of benzene rings is 3. The lowest BCUT2D eigenvalue weighted by Crippen LogP contribution is -2.21. The fourth-order valence-electron chi connectivity index (χ4n) is 3.75. The second-order valence-corrected chi connectivity index (χ2v) is 8.26. The van der Waals surface area contributed by atoms with Gasteiger partial charge < -0.3 is 15.8 Å². The highest BCUT2D eigenvalue weighted by atomic mass is 16.5. The van der Waals surface area contributed by atoms with E-state index < -0.39 is 0 Å². The molecule has 4 rings (SSSR count). The third-order valence-corrected chi connectivity index (χ3v) is 5.64. The first kappa shape index (κ1) is 24.0. The molecule has 0 amide bonds. The Morgan fingerprint density at radius 3 is 2.14 bits per heavy atom. The predicted molar refractivity (Wildman–Crippen MR) is 143 cm³/mol. The molecular formula is C29H31N5O. The number of rotatable bonds is 10. The van der Waals surface area contributed by atoms with E-state index in [2.05, 4.69) is 46.7 Å². The van der Waals surface area contributed by atoms with E-state index in [9.17, 15) is 0 Å². The Morgan fingerprint density at radius 1 is 0.829 bits per heavy atom. The number of aliphatic imine (C=N–C) groups is 1. The Morgan fingerprint density at radius 2 is 1.49 bits per heavy atom. The third-order valence-electron chi connectivity index (χ3n) is 5.64. The van der Waals surface area contributed by atoms with Gasteiger partial charge in [0.2, 0.25) is 5.88 Å². The molecule has 0 saturated heterocycles. The van der Waals surface area contributed by atoms with Gasteiger partial charge in [0.1, 0.15) is 0 Å². The zero-order valence-electron chi connectivity index (χ0n) is 20.0. The monoisotopic (exact) mass is 465 g/mol. The average Bonchev–Trinajstić information content (AvgIpc) is 2.90. The first-order valence-electron chi connectivity index (χ1n) is 11.9. The molecule has 0 bridgehead atoms. The molecule has 4 aromatic rings. The number of guanidine groups is 1. The molecule has 0 aliphatic heterocycles. The lowest BCUT2D eigenvalue weighted by molar-refractivity contribution is 0.309. The van der Waals surface area contributed by atoms with E-state index in [1.165, 1.54) is 11.1 Å². The summed E-state index contributed by atoms with van der Waals surface area (Å²) in [5.41, 5.74) is 11.1. The molecule has 0 saturated carbocycles. The van der Waals surface area contributed by atoms with Gasteiger partial charge in [-0.15, -0.1) is 0 Å². The summed E-state index contributed by atoms with van der Waals surface area (Å²) in [5, 5.41) is 3.04. The number of nitrogens with one attached hydrogen (secondary N) is 1. The van der Waals surface area contributed by atoms with E-state index in [1.54, 1.807) is 7.05 Å². The molecule has 0 radical (unpaired) electrons. The van der Waals surface area contributed by atoms with E-state index in [0.717, 1.165) is 42.6 Å². The van der Waals surface area contributed by atoms with Gasteiger partial charge in [0.25, 0.3) is 0 Å². The maximum atomic E-state index is 6.07. The topological polar surface area (TPSA) is 85.4 Å². The molecule has 1 aromatic heterocycles. The summed E-state index contributed by atoms with van der Waals surface area (Å²) in [6, 6.07) is 30.6. The Labute approximate surface area is 206 Å². The first-order chi connectivity index (χ1) is 17.2. The Bertz CT molecular complexity index is 1160. The van der Waals surface area contributed by atoms with Gasteiger partial charge in [-0.3, -0.25) is 4.99 Å². The molecule has 0 fully saturated rings. The van der Waals surface area contributed by atoms with E-state index in [0.29, 0.717) is 24.3 Å². The van der Waals surface area contributed by atoms with Crippen LogP contribution >= 0.6 is 0 Å². The van der Waals surface area contributed by atoms with Gasteiger partial charge in [-0.05, 0) is 54.7 Å². The molecule has 3 N–H and O–H groups in total. The van der Waals surface area contributed by atoms with Crippen LogP contribution < -0.4 is 15.8 Å². The number of nitrogens with two attached hydrogens (primary N) is 1. The van der Waals surface area contributed by atoms with E-state index >= 15 is 0 Å².